The molecular formula is C16H20O3. The number of ether oxygens (including phenoxy) is 1. The van der Waals surface area contributed by atoms with E-state index in [0.717, 1.165) is 24.8 Å². The molecule has 0 amide bonds. The predicted molar refractivity (Wildman–Crippen MR) is 73.0 cm³/mol. The van der Waals surface area contributed by atoms with Gasteiger partial charge in [0, 0.05) is 12.3 Å². The van der Waals surface area contributed by atoms with Crippen LogP contribution in [0.5, 0.6) is 0 Å². The fourth-order valence-electron chi connectivity index (χ4n) is 2.72. The fourth-order valence-corrected chi connectivity index (χ4v) is 2.72. The van der Waals surface area contributed by atoms with Gasteiger partial charge in [-0.1, -0.05) is 24.3 Å². The van der Waals surface area contributed by atoms with Gasteiger partial charge in [-0.15, -0.1) is 0 Å². The molecule has 1 aliphatic carbocycles. The van der Waals surface area contributed by atoms with Crippen molar-refractivity contribution < 1.29 is 14.3 Å². The number of ketones is 1. The summed E-state index contributed by atoms with van der Waals surface area (Å²) in [7, 11) is 0. The van der Waals surface area contributed by atoms with Crippen LogP contribution in [0.1, 0.15) is 49.7 Å². The van der Waals surface area contributed by atoms with Crippen molar-refractivity contribution in [2.75, 3.05) is 6.61 Å². The highest BCUT2D eigenvalue weighted by molar-refractivity contribution is 5.88. The fraction of sp³-hybridized carbons (Fsp3) is 0.500. The van der Waals surface area contributed by atoms with Gasteiger partial charge < -0.3 is 4.74 Å². The molecular weight excluding hydrogens is 240 g/mol. The van der Waals surface area contributed by atoms with Crippen LogP contribution in [0.4, 0.5) is 0 Å². The molecule has 0 spiro atoms. The minimum atomic E-state index is -0.278. The van der Waals surface area contributed by atoms with Crippen molar-refractivity contribution in [1.29, 1.82) is 0 Å². The molecule has 0 aromatic heterocycles. The van der Waals surface area contributed by atoms with Crippen molar-refractivity contribution in [3.8, 4) is 0 Å². The standard InChI is InChI=1S/C16H20O3/c1-2-19-16(18)11-10-15(17)14-9-5-7-12-6-3-4-8-13(12)14/h3-4,6,8,14H,2,5,7,9-11H2,1H3. The van der Waals surface area contributed by atoms with Gasteiger partial charge in [-0.25, -0.2) is 0 Å². The highest BCUT2D eigenvalue weighted by atomic mass is 16.5. The van der Waals surface area contributed by atoms with Crippen molar-refractivity contribution in [2.24, 2.45) is 0 Å². The molecule has 0 saturated carbocycles. The molecule has 0 N–H and O–H groups in total. The van der Waals surface area contributed by atoms with E-state index in [1.54, 1.807) is 6.92 Å². The topological polar surface area (TPSA) is 43.4 Å². The van der Waals surface area contributed by atoms with E-state index in [9.17, 15) is 9.59 Å². The van der Waals surface area contributed by atoms with Crippen LogP contribution in [0, 0.1) is 0 Å². The number of hydrogen-bond donors (Lipinski definition) is 0. The monoisotopic (exact) mass is 260 g/mol. The van der Waals surface area contributed by atoms with Crippen LogP contribution in [0.3, 0.4) is 0 Å². The summed E-state index contributed by atoms with van der Waals surface area (Å²) < 4.78 is 4.86. The van der Waals surface area contributed by atoms with E-state index >= 15 is 0 Å². The summed E-state index contributed by atoms with van der Waals surface area (Å²) in [4.78, 5) is 23.6. The van der Waals surface area contributed by atoms with Crippen molar-refractivity contribution >= 4 is 11.8 Å². The molecule has 19 heavy (non-hydrogen) atoms. The van der Waals surface area contributed by atoms with Gasteiger partial charge in [0.25, 0.3) is 0 Å². The number of benzene rings is 1. The van der Waals surface area contributed by atoms with E-state index in [0.29, 0.717) is 6.61 Å². The summed E-state index contributed by atoms with van der Waals surface area (Å²) in [5.41, 5.74) is 2.44. The van der Waals surface area contributed by atoms with Gasteiger partial charge in [-0.2, -0.15) is 0 Å². The third kappa shape index (κ3) is 3.43. The molecule has 1 aliphatic rings. The molecule has 1 aromatic carbocycles. The third-order valence-electron chi connectivity index (χ3n) is 3.64. The minimum absolute atomic E-state index is 0.0284. The lowest BCUT2D eigenvalue weighted by Gasteiger charge is -2.24. The maximum atomic E-state index is 12.3. The van der Waals surface area contributed by atoms with Crippen molar-refractivity contribution in [1.82, 2.24) is 0 Å². The summed E-state index contributed by atoms with van der Waals surface area (Å²) in [5, 5.41) is 0. The van der Waals surface area contributed by atoms with E-state index in [1.165, 1.54) is 5.56 Å². The molecule has 0 bridgehead atoms. The Morgan fingerprint density at radius 2 is 2.05 bits per heavy atom. The second-order valence-electron chi connectivity index (χ2n) is 4.91. The Balaban J connectivity index is 1.99. The number of carbonyl (C=O) groups excluding carboxylic acids is 2. The van der Waals surface area contributed by atoms with E-state index in [-0.39, 0.29) is 30.5 Å². The molecule has 3 nitrogen and oxygen atoms in total. The lowest BCUT2D eigenvalue weighted by atomic mass is 9.79. The molecule has 0 aliphatic heterocycles. The second-order valence-corrected chi connectivity index (χ2v) is 4.91. The van der Waals surface area contributed by atoms with Crippen molar-refractivity contribution in [3.63, 3.8) is 0 Å². The molecule has 0 fully saturated rings. The number of Topliss-reactive ketones (excluding diaryl/α,β-unsaturated/α-hetero) is 1. The molecule has 102 valence electrons. The van der Waals surface area contributed by atoms with E-state index in [2.05, 4.69) is 6.07 Å². The van der Waals surface area contributed by atoms with E-state index < -0.39 is 0 Å². The maximum Gasteiger partial charge on any atom is 0.306 e. The summed E-state index contributed by atoms with van der Waals surface area (Å²) in [5.74, 6) is -0.139. The van der Waals surface area contributed by atoms with Gasteiger partial charge in [0.15, 0.2) is 0 Å². The normalized spacial score (nSPS) is 17.6. The van der Waals surface area contributed by atoms with Gasteiger partial charge >= 0.3 is 5.97 Å². The Labute approximate surface area is 114 Å². The molecule has 2 rings (SSSR count). The van der Waals surface area contributed by atoms with Gasteiger partial charge in [-0.05, 0) is 37.3 Å². The first-order chi connectivity index (χ1) is 9.22. The summed E-state index contributed by atoms with van der Waals surface area (Å²) in [6.45, 7) is 2.15. The zero-order valence-corrected chi connectivity index (χ0v) is 11.4. The van der Waals surface area contributed by atoms with Crippen LogP contribution >= 0.6 is 0 Å². The first kappa shape index (κ1) is 13.8. The molecule has 0 saturated heterocycles. The highest BCUT2D eigenvalue weighted by Gasteiger charge is 2.26. The Bertz CT molecular complexity index is 465. The molecule has 1 unspecified atom stereocenters. The van der Waals surface area contributed by atoms with E-state index in [4.69, 9.17) is 4.74 Å². The lowest BCUT2D eigenvalue weighted by Crippen LogP contribution is -2.19. The van der Waals surface area contributed by atoms with Gasteiger partial charge in [-0.3, -0.25) is 9.59 Å². The number of aryl methyl sites for hydroxylation is 1. The zero-order valence-electron chi connectivity index (χ0n) is 11.4. The van der Waals surface area contributed by atoms with Crippen LogP contribution in [-0.2, 0) is 20.7 Å². The summed E-state index contributed by atoms with van der Waals surface area (Å²) in [6.07, 6.45) is 3.49. The van der Waals surface area contributed by atoms with Crippen LogP contribution in [0.2, 0.25) is 0 Å². The lowest BCUT2D eigenvalue weighted by molar-refractivity contribution is -0.144. The Morgan fingerprint density at radius 3 is 2.84 bits per heavy atom. The highest BCUT2D eigenvalue weighted by Crippen LogP contribution is 2.33. The van der Waals surface area contributed by atoms with Gasteiger partial charge in [0.2, 0.25) is 0 Å². The summed E-state index contributed by atoms with van der Waals surface area (Å²) in [6, 6.07) is 8.14. The molecule has 0 radical (unpaired) electrons. The van der Waals surface area contributed by atoms with Crippen LogP contribution < -0.4 is 0 Å². The minimum Gasteiger partial charge on any atom is -0.466 e. The van der Waals surface area contributed by atoms with Crippen molar-refractivity contribution in [3.05, 3.63) is 35.4 Å². The SMILES string of the molecule is CCOC(=O)CCC(=O)C1CCCc2ccccc21. The average molecular weight is 260 g/mol. The Hall–Kier alpha value is -1.64. The predicted octanol–water partition coefficient (Wildman–Crippen LogP) is 3.02. The second kappa shape index (κ2) is 6.50. The van der Waals surface area contributed by atoms with E-state index in [1.807, 2.05) is 18.2 Å². The number of carbonyl (C=O) groups is 2. The van der Waals surface area contributed by atoms with Crippen molar-refractivity contribution in [2.45, 2.75) is 44.9 Å². The average Bonchev–Trinajstić information content (AvgIpc) is 2.44. The van der Waals surface area contributed by atoms with Gasteiger partial charge in [0.05, 0.1) is 13.0 Å². The van der Waals surface area contributed by atoms with Crippen LogP contribution in [-0.4, -0.2) is 18.4 Å². The Morgan fingerprint density at radius 1 is 1.26 bits per heavy atom. The number of hydrogen-bond acceptors (Lipinski definition) is 3. The van der Waals surface area contributed by atoms with Gasteiger partial charge in [0.1, 0.15) is 5.78 Å². The zero-order chi connectivity index (χ0) is 13.7. The number of rotatable bonds is 5. The molecule has 3 heteroatoms. The Kier molecular flexibility index (Phi) is 4.72. The largest absolute Gasteiger partial charge is 0.466 e. The van der Waals surface area contributed by atoms with Crippen LogP contribution in [0.25, 0.3) is 0 Å². The number of esters is 1. The first-order valence-electron chi connectivity index (χ1n) is 6.98. The molecule has 0 heterocycles. The molecule has 1 atom stereocenters. The first-order valence-corrected chi connectivity index (χ1v) is 6.98. The van der Waals surface area contributed by atoms with Crippen LogP contribution in [0.15, 0.2) is 24.3 Å². The molecule has 1 aromatic rings. The maximum absolute atomic E-state index is 12.3. The quantitative estimate of drug-likeness (QED) is 0.764. The third-order valence-corrected chi connectivity index (χ3v) is 3.64. The summed E-state index contributed by atoms with van der Waals surface area (Å²) >= 11 is 0. The number of fused-ring (bicyclic) bond motifs is 1. The smallest absolute Gasteiger partial charge is 0.306 e.